The number of hydrogen-bond donors (Lipinski definition) is 1. The molecule has 2 amide bonds. The third kappa shape index (κ3) is 10.3. The van der Waals surface area contributed by atoms with E-state index in [2.05, 4.69) is 10.1 Å². The summed E-state index contributed by atoms with van der Waals surface area (Å²) < 4.78 is 20.4. The lowest BCUT2D eigenvalue weighted by molar-refractivity contribution is -0.144. The number of ether oxygens (including phenoxy) is 4. The van der Waals surface area contributed by atoms with E-state index in [4.69, 9.17) is 14.2 Å². The highest BCUT2D eigenvalue weighted by Gasteiger charge is 2.23. The number of benzene rings is 1. The first-order valence-electron chi connectivity index (χ1n) is 9.19. The molecular weight excluding hydrogens is 380 g/mol. The summed E-state index contributed by atoms with van der Waals surface area (Å²) in [5, 5.41) is 2.41. The Labute approximate surface area is 171 Å². The van der Waals surface area contributed by atoms with Crippen LogP contribution in [-0.4, -0.2) is 68.6 Å². The molecule has 0 heterocycles. The van der Waals surface area contributed by atoms with Gasteiger partial charge in [-0.3, -0.25) is 0 Å². The molecule has 1 atom stereocenters. The fourth-order valence-corrected chi connectivity index (χ4v) is 2.05. The monoisotopic (exact) mass is 410 g/mol. The van der Waals surface area contributed by atoms with Gasteiger partial charge in [-0.15, -0.1) is 0 Å². The van der Waals surface area contributed by atoms with Crippen LogP contribution in [0.1, 0.15) is 26.3 Å². The van der Waals surface area contributed by atoms with Gasteiger partial charge >= 0.3 is 18.2 Å². The van der Waals surface area contributed by atoms with E-state index in [9.17, 15) is 14.4 Å². The van der Waals surface area contributed by atoms with Crippen LogP contribution >= 0.6 is 0 Å². The number of esters is 1. The summed E-state index contributed by atoms with van der Waals surface area (Å²) in [6.07, 6.45) is -1.24. The first-order valence-corrected chi connectivity index (χ1v) is 9.19. The highest BCUT2D eigenvalue weighted by Crippen LogP contribution is 2.09. The van der Waals surface area contributed by atoms with Gasteiger partial charge in [-0.1, -0.05) is 30.3 Å². The predicted molar refractivity (Wildman–Crippen MR) is 105 cm³/mol. The number of nitrogens with zero attached hydrogens (tertiary/aromatic N) is 1. The number of carbonyl (C=O) groups is 3. The molecule has 9 heteroatoms. The Bertz CT molecular complexity index is 659. The smallest absolute Gasteiger partial charge is 0.410 e. The number of carbonyl (C=O) groups excluding carboxylic acids is 3. The number of methoxy groups -OCH3 is 1. The van der Waals surface area contributed by atoms with Gasteiger partial charge in [-0.2, -0.15) is 0 Å². The van der Waals surface area contributed by atoms with E-state index >= 15 is 0 Å². The normalized spacial score (nSPS) is 11.9. The minimum Gasteiger partial charge on any atom is -0.467 e. The van der Waals surface area contributed by atoms with Gasteiger partial charge in [0.1, 0.15) is 12.2 Å². The SMILES string of the molecule is COC(=O)C(COCCN(C)C(=O)OC(C)(C)C)NC(=O)OCc1ccccc1. The number of nitrogens with one attached hydrogen (secondary N) is 1. The van der Waals surface area contributed by atoms with E-state index < -0.39 is 29.8 Å². The average Bonchev–Trinajstić information content (AvgIpc) is 2.67. The number of hydrogen-bond acceptors (Lipinski definition) is 7. The van der Waals surface area contributed by atoms with Crippen LogP contribution in [0.4, 0.5) is 9.59 Å². The molecule has 0 saturated heterocycles. The summed E-state index contributed by atoms with van der Waals surface area (Å²) in [4.78, 5) is 37.0. The van der Waals surface area contributed by atoms with Crippen molar-refractivity contribution in [2.24, 2.45) is 0 Å². The van der Waals surface area contributed by atoms with Crippen molar-refractivity contribution < 1.29 is 33.3 Å². The lowest BCUT2D eigenvalue weighted by atomic mass is 10.2. The van der Waals surface area contributed by atoms with Crippen LogP contribution in [0.5, 0.6) is 0 Å². The van der Waals surface area contributed by atoms with E-state index in [0.717, 1.165) is 5.56 Å². The predicted octanol–water partition coefficient (Wildman–Crippen LogP) is 2.34. The molecular formula is C20H30N2O7. The zero-order chi connectivity index (χ0) is 21.9. The quantitative estimate of drug-likeness (QED) is 0.379. The summed E-state index contributed by atoms with van der Waals surface area (Å²) in [7, 11) is 2.79. The van der Waals surface area contributed by atoms with Crippen molar-refractivity contribution in [2.45, 2.75) is 39.0 Å². The molecule has 0 saturated carbocycles. The van der Waals surface area contributed by atoms with Crippen molar-refractivity contribution in [3.63, 3.8) is 0 Å². The van der Waals surface area contributed by atoms with E-state index in [1.807, 2.05) is 30.3 Å². The van der Waals surface area contributed by atoms with Gasteiger partial charge < -0.3 is 29.2 Å². The molecule has 0 aliphatic carbocycles. The molecule has 0 spiro atoms. The van der Waals surface area contributed by atoms with Gasteiger partial charge in [-0.25, -0.2) is 14.4 Å². The zero-order valence-corrected chi connectivity index (χ0v) is 17.6. The van der Waals surface area contributed by atoms with Gasteiger partial charge in [0.15, 0.2) is 6.04 Å². The van der Waals surface area contributed by atoms with Gasteiger partial charge in [0.2, 0.25) is 0 Å². The molecule has 1 rings (SSSR count). The number of alkyl carbamates (subject to hydrolysis) is 1. The van der Waals surface area contributed by atoms with Crippen molar-refractivity contribution in [3.8, 4) is 0 Å². The highest BCUT2D eigenvalue weighted by molar-refractivity contribution is 5.81. The molecule has 29 heavy (non-hydrogen) atoms. The average molecular weight is 410 g/mol. The summed E-state index contributed by atoms with van der Waals surface area (Å²) >= 11 is 0. The third-order valence-electron chi connectivity index (χ3n) is 3.55. The fourth-order valence-electron chi connectivity index (χ4n) is 2.05. The van der Waals surface area contributed by atoms with Crippen molar-refractivity contribution in [3.05, 3.63) is 35.9 Å². The van der Waals surface area contributed by atoms with E-state index in [-0.39, 0.29) is 26.4 Å². The van der Waals surface area contributed by atoms with Gasteiger partial charge in [0, 0.05) is 13.6 Å². The maximum absolute atomic E-state index is 11.9. The third-order valence-corrected chi connectivity index (χ3v) is 3.55. The first kappa shape index (κ1) is 24.2. The molecule has 1 unspecified atom stereocenters. The van der Waals surface area contributed by atoms with Gasteiger partial charge in [-0.05, 0) is 26.3 Å². The summed E-state index contributed by atoms with van der Waals surface area (Å²) in [6, 6.07) is 8.11. The van der Waals surface area contributed by atoms with Gasteiger partial charge in [0.25, 0.3) is 0 Å². The number of rotatable bonds is 9. The number of likely N-dealkylation sites (N-methyl/N-ethyl adjacent to an activating group) is 1. The molecule has 1 N–H and O–H groups in total. The number of amides is 2. The maximum atomic E-state index is 11.9. The van der Waals surface area contributed by atoms with Crippen LogP contribution in [0.3, 0.4) is 0 Å². The van der Waals surface area contributed by atoms with Crippen molar-refractivity contribution in [2.75, 3.05) is 33.9 Å². The zero-order valence-electron chi connectivity index (χ0n) is 17.6. The minimum absolute atomic E-state index is 0.0715. The Hall–Kier alpha value is -2.81. The van der Waals surface area contributed by atoms with Crippen LogP contribution in [0.2, 0.25) is 0 Å². The van der Waals surface area contributed by atoms with Crippen molar-refractivity contribution in [1.82, 2.24) is 10.2 Å². The van der Waals surface area contributed by atoms with E-state index in [0.29, 0.717) is 0 Å². The summed E-state index contributed by atoms with van der Waals surface area (Å²) in [5.74, 6) is -0.665. The highest BCUT2D eigenvalue weighted by atomic mass is 16.6. The van der Waals surface area contributed by atoms with Crippen LogP contribution in [0, 0.1) is 0 Å². The largest absolute Gasteiger partial charge is 0.467 e. The molecule has 0 radical (unpaired) electrons. The lowest BCUT2D eigenvalue weighted by Crippen LogP contribution is -2.45. The first-order chi connectivity index (χ1) is 13.6. The Morgan fingerprint density at radius 3 is 2.38 bits per heavy atom. The Morgan fingerprint density at radius 1 is 1.14 bits per heavy atom. The molecule has 1 aromatic carbocycles. The second-order valence-corrected chi connectivity index (χ2v) is 7.26. The van der Waals surface area contributed by atoms with E-state index in [1.54, 1.807) is 27.8 Å². The molecule has 162 valence electrons. The minimum atomic E-state index is -1.03. The molecule has 9 nitrogen and oxygen atoms in total. The molecule has 0 fully saturated rings. The van der Waals surface area contributed by atoms with Crippen molar-refractivity contribution in [1.29, 1.82) is 0 Å². The summed E-state index contributed by atoms with van der Waals surface area (Å²) in [6.45, 7) is 5.67. The summed E-state index contributed by atoms with van der Waals surface area (Å²) in [5.41, 5.74) is 0.227. The topological polar surface area (TPSA) is 103 Å². The fraction of sp³-hybridized carbons (Fsp3) is 0.550. The molecule has 1 aromatic rings. The van der Waals surface area contributed by atoms with Crippen LogP contribution in [-0.2, 0) is 30.3 Å². The second-order valence-electron chi connectivity index (χ2n) is 7.26. The molecule has 0 aliphatic rings. The van der Waals surface area contributed by atoms with Crippen molar-refractivity contribution >= 4 is 18.2 Å². The molecule has 0 bridgehead atoms. The maximum Gasteiger partial charge on any atom is 0.410 e. The van der Waals surface area contributed by atoms with Gasteiger partial charge in [0.05, 0.1) is 20.3 Å². The Kier molecular flexibility index (Phi) is 9.94. The van der Waals surface area contributed by atoms with Crippen LogP contribution in [0.15, 0.2) is 30.3 Å². The lowest BCUT2D eigenvalue weighted by Gasteiger charge is -2.24. The van der Waals surface area contributed by atoms with Crippen LogP contribution in [0.25, 0.3) is 0 Å². The van der Waals surface area contributed by atoms with E-state index in [1.165, 1.54) is 12.0 Å². The Morgan fingerprint density at radius 2 is 1.79 bits per heavy atom. The molecule has 0 aromatic heterocycles. The van der Waals surface area contributed by atoms with Crippen LogP contribution < -0.4 is 5.32 Å². The Balaban J connectivity index is 2.40. The standard InChI is InChI=1S/C20H30N2O7/c1-20(2,3)29-19(25)22(4)11-12-27-14-16(17(23)26-5)21-18(24)28-13-15-9-7-6-8-10-15/h6-10,16H,11-14H2,1-5H3,(H,21,24). The second kappa shape index (κ2) is 11.9. The molecule has 0 aliphatic heterocycles.